The number of rotatable bonds is 6. The van der Waals surface area contributed by atoms with Gasteiger partial charge in [0, 0.05) is 10.6 Å². The summed E-state index contributed by atoms with van der Waals surface area (Å²) < 4.78 is 31.9. The van der Waals surface area contributed by atoms with Crippen LogP contribution in [0.1, 0.15) is 16.2 Å². The SMILES string of the molecule is O=C(O)c1cccc(S(=O)(=O)NCc2nc(-c3cccc(Cl)c3)no2)c1. The van der Waals surface area contributed by atoms with Crippen LogP contribution in [0.2, 0.25) is 5.02 Å². The molecule has 3 aromatic rings. The third kappa shape index (κ3) is 4.07. The molecule has 1 heterocycles. The Morgan fingerprint density at radius 1 is 1.19 bits per heavy atom. The lowest BCUT2D eigenvalue weighted by Crippen LogP contribution is -2.23. The minimum absolute atomic E-state index is 0.0536. The van der Waals surface area contributed by atoms with E-state index in [0.717, 1.165) is 6.07 Å². The second-order valence-corrected chi connectivity index (χ2v) is 7.38. The number of sulfonamides is 1. The maximum Gasteiger partial charge on any atom is 0.335 e. The number of halogens is 1. The molecule has 2 N–H and O–H groups in total. The third-order valence-corrected chi connectivity index (χ3v) is 4.99. The Kier molecular flexibility index (Phi) is 5.03. The van der Waals surface area contributed by atoms with Crippen LogP contribution in [0.25, 0.3) is 11.4 Å². The van der Waals surface area contributed by atoms with E-state index < -0.39 is 16.0 Å². The first-order valence-corrected chi connectivity index (χ1v) is 9.13. The van der Waals surface area contributed by atoms with Crippen LogP contribution in [0.3, 0.4) is 0 Å². The molecule has 0 fully saturated rings. The van der Waals surface area contributed by atoms with Gasteiger partial charge in [-0.05, 0) is 30.3 Å². The smallest absolute Gasteiger partial charge is 0.335 e. The molecule has 0 saturated carbocycles. The molecule has 26 heavy (non-hydrogen) atoms. The maximum absolute atomic E-state index is 12.3. The van der Waals surface area contributed by atoms with E-state index in [2.05, 4.69) is 14.9 Å². The predicted octanol–water partition coefficient (Wildman–Crippen LogP) is 2.57. The Bertz CT molecular complexity index is 1070. The van der Waals surface area contributed by atoms with E-state index in [9.17, 15) is 13.2 Å². The number of carboxylic acid groups (broad SMARTS) is 1. The van der Waals surface area contributed by atoms with Crippen LogP contribution in [0.4, 0.5) is 0 Å². The molecule has 10 heteroatoms. The summed E-state index contributed by atoms with van der Waals surface area (Å²) in [5, 5.41) is 13.2. The Hall–Kier alpha value is -2.75. The lowest BCUT2D eigenvalue weighted by atomic mass is 10.2. The first-order chi connectivity index (χ1) is 12.3. The average Bonchev–Trinajstić information content (AvgIpc) is 3.09. The standard InChI is InChI=1S/C16H12ClN3O5S/c17-12-5-1-3-10(7-12)15-19-14(25-20-15)9-18-26(23,24)13-6-2-4-11(8-13)16(21)22/h1-8,18H,9H2,(H,21,22). The summed E-state index contributed by atoms with van der Waals surface area (Å²) in [6, 6.07) is 11.8. The molecule has 0 spiro atoms. The molecule has 0 aliphatic rings. The van der Waals surface area contributed by atoms with Crippen LogP contribution < -0.4 is 4.72 Å². The van der Waals surface area contributed by atoms with Crippen molar-refractivity contribution in [3.05, 3.63) is 65.0 Å². The molecule has 0 bridgehead atoms. The quantitative estimate of drug-likeness (QED) is 0.659. The second kappa shape index (κ2) is 7.24. The predicted molar refractivity (Wildman–Crippen MR) is 92.2 cm³/mol. The van der Waals surface area contributed by atoms with Gasteiger partial charge in [-0.2, -0.15) is 4.98 Å². The molecular weight excluding hydrogens is 382 g/mol. The van der Waals surface area contributed by atoms with Crippen LogP contribution in [0, 0.1) is 0 Å². The van der Waals surface area contributed by atoms with E-state index in [1.807, 2.05) is 0 Å². The molecule has 0 unspecified atom stereocenters. The van der Waals surface area contributed by atoms with Gasteiger partial charge in [-0.1, -0.05) is 35.0 Å². The van der Waals surface area contributed by atoms with Crippen LogP contribution in [0.15, 0.2) is 57.9 Å². The Morgan fingerprint density at radius 3 is 2.69 bits per heavy atom. The van der Waals surface area contributed by atoms with Crippen molar-refractivity contribution in [3.8, 4) is 11.4 Å². The van der Waals surface area contributed by atoms with Crippen molar-refractivity contribution in [1.29, 1.82) is 0 Å². The van der Waals surface area contributed by atoms with Gasteiger partial charge in [0.05, 0.1) is 17.0 Å². The molecule has 0 saturated heterocycles. The number of carboxylic acids is 1. The molecule has 0 atom stereocenters. The molecule has 1 aromatic heterocycles. The largest absolute Gasteiger partial charge is 0.478 e. The minimum Gasteiger partial charge on any atom is -0.478 e. The number of hydrogen-bond acceptors (Lipinski definition) is 6. The van der Waals surface area contributed by atoms with Gasteiger partial charge < -0.3 is 9.63 Å². The molecule has 2 aromatic carbocycles. The summed E-state index contributed by atoms with van der Waals surface area (Å²) in [4.78, 5) is 14.9. The monoisotopic (exact) mass is 393 g/mol. The van der Waals surface area contributed by atoms with Gasteiger partial charge in [0.15, 0.2) is 0 Å². The minimum atomic E-state index is -3.94. The first kappa shape index (κ1) is 18.1. The Balaban J connectivity index is 1.74. The van der Waals surface area contributed by atoms with Gasteiger partial charge in [-0.15, -0.1) is 0 Å². The number of carbonyl (C=O) groups is 1. The number of hydrogen-bond donors (Lipinski definition) is 2. The van der Waals surface area contributed by atoms with Crippen molar-refractivity contribution in [1.82, 2.24) is 14.9 Å². The highest BCUT2D eigenvalue weighted by molar-refractivity contribution is 7.89. The fourth-order valence-electron chi connectivity index (χ4n) is 2.11. The topological polar surface area (TPSA) is 122 Å². The normalized spacial score (nSPS) is 11.4. The van der Waals surface area contributed by atoms with E-state index in [4.69, 9.17) is 21.2 Å². The molecule has 0 radical (unpaired) electrons. The molecule has 134 valence electrons. The zero-order chi connectivity index (χ0) is 18.7. The van der Waals surface area contributed by atoms with Crippen LogP contribution in [-0.2, 0) is 16.6 Å². The highest BCUT2D eigenvalue weighted by Gasteiger charge is 2.18. The van der Waals surface area contributed by atoms with Gasteiger partial charge in [-0.25, -0.2) is 17.9 Å². The first-order valence-electron chi connectivity index (χ1n) is 7.27. The number of nitrogens with one attached hydrogen (secondary N) is 1. The summed E-state index contributed by atoms with van der Waals surface area (Å²) in [5.41, 5.74) is 0.499. The number of nitrogens with zero attached hydrogens (tertiary/aromatic N) is 2. The summed E-state index contributed by atoms with van der Waals surface area (Å²) in [6.07, 6.45) is 0. The number of benzene rings is 2. The van der Waals surface area contributed by atoms with Crippen molar-refractivity contribution >= 4 is 27.6 Å². The van der Waals surface area contributed by atoms with Crippen LogP contribution >= 0.6 is 11.6 Å². The van der Waals surface area contributed by atoms with Crippen molar-refractivity contribution in [2.75, 3.05) is 0 Å². The van der Waals surface area contributed by atoms with Crippen LogP contribution in [0.5, 0.6) is 0 Å². The van der Waals surface area contributed by atoms with Crippen LogP contribution in [-0.4, -0.2) is 29.6 Å². The van der Waals surface area contributed by atoms with Gasteiger partial charge >= 0.3 is 5.97 Å². The maximum atomic E-state index is 12.3. The van der Waals surface area contributed by atoms with E-state index in [-0.39, 0.29) is 28.7 Å². The molecule has 8 nitrogen and oxygen atoms in total. The summed E-state index contributed by atoms with van der Waals surface area (Å²) in [6.45, 7) is -0.243. The molecule has 3 rings (SSSR count). The van der Waals surface area contributed by atoms with Crippen molar-refractivity contribution < 1.29 is 22.8 Å². The number of aromatic carboxylic acids is 1. The fourth-order valence-corrected chi connectivity index (χ4v) is 3.32. The van der Waals surface area contributed by atoms with Gasteiger partial charge in [-0.3, -0.25) is 0 Å². The molecule has 0 amide bonds. The zero-order valence-electron chi connectivity index (χ0n) is 13.1. The lowest BCUT2D eigenvalue weighted by molar-refractivity contribution is 0.0696. The molecule has 0 aliphatic carbocycles. The third-order valence-electron chi connectivity index (χ3n) is 3.36. The van der Waals surface area contributed by atoms with Crippen molar-refractivity contribution in [2.24, 2.45) is 0 Å². The Morgan fingerprint density at radius 2 is 1.96 bits per heavy atom. The molecular formula is C16H12ClN3O5S. The van der Waals surface area contributed by atoms with E-state index >= 15 is 0 Å². The molecule has 0 aliphatic heterocycles. The van der Waals surface area contributed by atoms with E-state index in [1.165, 1.54) is 18.2 Å². The lowest BCUT2D eigenvalue weighted by Gasteiger charge is -2.05. The summed E-state index contributed by atoms with van der Waals surface area (Å²) in [5.74, 6) is -0.891. The highest BCUT2D eigenvalue weighted by atomic mass is 35.5. The summed E-state index contributed by atoms with van der Waals surface area (Å²) in [7, 11) is -3.94. The van der Waals surface area contributed by atoms with E-state index in [1.54, 1.807) is 24.3 Å². The zero-order valence-corrected chi connectivity index (χ0v) is 14.7. The van der Waals surface area contributed by atoms with Crippen molar-refractivity contribution in [3.63, 3.8) is 0 Å². The summed E-state index contributed by atoms with van der Waals surface area (Å²) >= 11 is 5.91. The van der Waals surface area contributed by atoms with Gasteiger partial charge in [0.2, 0.25) is 21.7 Å². The average molecular weight is 394 g/mol. The van der Waals surface area contributed by atoms with Crippen molar-refractivity contribution in [2.45, 2.75) is 11.4 Å². The number of aromatic nitrogens is 2. The Labute approximate surface area is 153 Å². The fraction of sp³-hybridized carbons (Fsp3) is 0.0625. The van der Waals surface area contributed by atoms with Gasteiger partial charge in [0.1, 0.15) is 0 Å². The van der Waals surface area contributed by atoms with E-state index in [0.29, 0.717) is 10.6 Å². The second-order valence-electron chi connectivity index (χ2n) is 5.18. The highest BCUT2D eigenvalue weighted by Crippen LogP contribution is 2.20. The van der Waals surface area contributed by atoms with Gasteiger partial charge in [0.25, 0.3) is 0 Å².